The van der Waals surface area contributed by atoms with Crippen LogP contribution in [0.3, 0.4) is 0 Å². The van der Waals surface area contributed by atoms with E-state index in [1.165, 1.54) is 0 Å². The molecule has 4 rings (SSSR count). The second-order valence-electron chi connectivity index (χ2n) is 6.90. The highest BCUT2D eigenvalue weighted by molar-refractivity contribution is 6.39. The molecule has 1 aliphatic heterocycles. The van der Waals surface area contributed by atoms with E-state index in [2.05, 4.69) is 20.3 Å². The van der Waals surface area contributed by atoms with Gasteiger partial charge in [0, 0.05) is 26.4 Å². The molecule has 3 heterocycles. The number of imidazole rings is 1. The van der Waals surface area contributed by atoms with E-state index in [0.29, 0.717) is 38.5 Å². The minimum Gasteiger partial charge on any atom is -0.384 e. The lowest BCUT2D eigenvalue weighted by Gasteiger charge is -2.34. The van der Waals surface area contributed by atoms with Gasteiger partial charge in [-0.15, -0.1) is 0 Å². The molecule has 2 aromatic heterocycles. The smallest absolute Gasteiger partial charge is 0.175 e. The maximum Gasteiger partial charge on any atom is 0.175 e. The largest absolute Gasteiger partial charge is 0.384 e. The van der Waals surface area contributed by atoms with Gasteiger partial charge in [-0.3, -0.25) is 4.98 Å². The van der Waals surface area contributed by atoms with E-state index in [1.807, 2.05) is 32.0 Å². The number of aromatic amines is 1. The summed E-state index contributed by atoms with van der Waals surface area (Å²) < 4.78 is 0. The van der Waals surface area contributed by atoms with Crippen LogP contribution in [0.25, 0.3) is 22.4 Å². The number of rotatable bonds is 3. The Morgan fingerprint density at radius 3 is 2.54 bits per heavy atom. The predicted molar refractivity (Wildman–Crippen MR) is 113 cm³/mol. The first-order valence-corrected chi connectivity index (χ1v) is 9.36. The van der Waals surface area contributed by atoms with Gasteiger partial charge in [0.25, 0.3) is 0 Å². The predicted octanol–water partition coefficient (Wildman–Crippen LogP) is 3.47. The van der Waals surface area contributed by atoms with Crippen molar-refractivity contribution in [3.63, 3.8) is 0 Å². The van der Waals surface area contributed by atoms with Gasteiger partial charge in [0.2, 0.25) is 0 Å². The minimum absolute atomic E-state index is 0.411. The van der Waals surface area contributed by atoms with Crippen LogP contribution in [0.5, 0.6) is 0 Å². The van der Waals surface area contributed by atoms with Crippen LogP contribution >= 0.6 is 23.2 Å². The molecule has 1 unspecified atom stereocenters. The van der Waals surface area contributed by atoms with Crippen LogP contribution in [0.4, 0.5) is 0 Å². The first-order valence-electron chi connectivity index (χ1n) is 8.60. The van der Waals surface area contributed by atoms with Crippen LogP contribution in [-0.2, 0) is 5.66 Å². The van der Waals surface area contributed by atoms with Crippen molar-refractivity contribution >= 4 is 40.1 Å². The number of hydrogen-bond donors (Lipinski definition) is 3. The summed E-state index contributed by atoms with van der Waals surface area (Å²) in [7, 11) is 3.86. The number of pyridine rings is 1. The van der Waals surface area contributed by atoms with Gasteiger partial charge in [-0.1, -0.05) is 29.3 Å². The van der Waals surface area contributed by atoms with Crippen molar-refractivity contribution in [2.24, 2.45) is 10.7 Å². The minimum atomic E-state index is -0.880. The molecular weight excluding hydrogens is 397 g/mol. The summed E-state index contributed by atoms with van der Waals surface area (Å²) in [5, 5.41) is 4.42. The quantitative estimate of drug-likeness (QED) is 0.608. The van der Waals surface area contributed by atoms with Crippen LogP contribution in [0, 0.1) is 0 Å². The molecule has 0 saturated heterocycles. The third-order valence-electron chi connectivity index (χ3n) is 4.55. The van der Waals surface area contributed by atoms with Crippen LogP contribution in [0.15, 0.2) is 47.4 Å². The molecular formula is C19H19Cl2N7. The van der Waals surface area contributed by atoms with E-state index in [1.54, 1.807) is 30.5 Å². The van der Waals surface area contributed by atoms with Crippen LogP contribution in [0.2, 0.25) is 10.0 Å². The monoisotopic (exact) mass is 415 g/mol. The van der Waals surface area contributed by atoms with Crippen molar-refractivity contribution in [2.75, 3.05) is 14.1 Å². The van der Waals surface area contributed by atoms with Gasteiger partial charge in [-0.25, -0.2) is 9.98 Å². The van der Waals surface area contributed by atoms with Gasteiger partial charge in [0.15, 0.2) is 5.66 Å². The molecule has 0 fully saturated rings. The number of nitrogens with zero attached hydrogens (tertiary/aromatic N) is 4. The first-order chi connectivity index (χ1) is 13.3. The van der Waals surface area contributed by atoms with Crippen molar-refractivity contribution in [3.05, 3.63) is 58.1 Å². The lowest BCUT2D eigenvalue weighted by molar-refractivity contribution is 0.340. The number of aliphatic imine (C=N–C) groups is 1. The molecule has 1 aromatic carbocycles. The number of hydrogen-bond acceptors (Lipinski definition) is 6. The summed E-state index contributed by atoms with van der Waals surface area (Å²) in [6, 6.07) is 7.20. The van der Waals surface area contributed by atoms with Crippen LogP contribution in [0.1, 0.15) is 12.6 Å². The number of fused-ring (bicyclic) bond motifs is 1. The first kappa shape index (κ1) is 18.6. The number of aromatic nitrogens is 3. The second kappa shape index (κ2) is 6.68. The molecule has 1 atom stereocenters. The van der Waals surface area contributed by atoms with E-state index < -0.39 is 5.66 Å². The van der Waals surface area contributed by atoms with Crippen molar-refractivity contribution in [3.8, 4) is 11.4 Å². The Bertz CT molecular complexity index is 1110. The topological polar surface area (TPSA) is 95.2 Å². The average molecular weight is 416 g/mol. The Morgan fingerprint density at radius 2 is 1.86 bits per heavy atom. The zero-order chi connectivity index (χ0) is 20.1. The molecule has 9 heteroatoms. The van der Waals surface area contributed by atoms with Gasteiger partial charge >= 0.3 is 0 Å². The fourth-order valence-corrected chi connectivity index (χ4v) is 3.81. The Kier molecular flexibility index (Phi) is 4.44. The van der Waals surface area contributed by atoms with Crippen LogP contribution < -0.4 is 11.1 Å². The molecule has 28 heavy (non-hydrogen) atoms. The fourth-order valence-electron chi connectivity index (χ4n) is 3.23. The molecule has 3 aromatic rings. The lowest BCUT2D eigenvalue weighted by atomic mass is 10.1. The third-order valence-corrected chi connectivity index (χ3v) is 5.18. The Labute approximate surface area is 172 Å². The maximum absolute atomic E-state index is 6.36. The summed E-state index contributed by atoms with van der Waals surface area (Å²) in [5.74, 6) is 1.81. The van der Waals surface area contributed by atoms with E-state index in [-0.39, 0.29) is 0 Å². The van der Waals surface area contributed by atoms with Gasteiger partial charge in [-0.2, -0.15) is 0 Å². The van der Waals surface area contributed by atoms with Crippen molar-refractivity contribution < 1.29 is 0 Å². The molecule has 144 valence electrons. The number of nitrogens with one attached hydrogen (secondary N) is 2. The number of H-pyrrole nitrogens is 1. The van der Waals surface area contributed by atoms with Crippen molar-refractivity contribution in [1.29, 1.82) is 0 Å². The molecule has 0 radical (unpaired) electrons. The van der Waals surface area contributed by atoms with Gasteiger partial charge in [0.05, 0.1) is 21.1 Å². The van der Waals surface area contributed by atoms with E-state index in [9.17, 15) is 0 Å². The Hall–Kier alpha value is -2.77. The highest BCUT2D eigenvalue weighted by Gasteiger charge is 2.34. The summed E-state index contributed by atoms with van der Waals surface area (Å²) in [5.41, 5.74) is 7.95. The van der Waals surface area contributed by atoms with Gasteiger partial charge in [0.1, 0.15) is 28.7 Å². The highest BCUT2D eigenvalue weighted by Crippen LogP contribution is 2.36. The standard InChI is InChI=1S/C19H19Cl2N7/c1-19(26-13(22)9-14(27-19)28(2)3)17-16-12(7-8-23-17)24-18(25-16)15-10(20)5-4-6-11(15)21/h4-9,27H,1-3H3,(H2,22,26)(H,24,25). The molecule has 4 N–H and O–H groups in total. The van der Waals surface area contributed by atoms with Crippen molar-refractivity contribution in [1.82, 2.24) is 25.2 Å². The number of amidine groups is 1. The summed E-state index contributed by atoms with van der Waals surface area (Å²) in [6.45, 7) is 1.91. The lowest BCUT2D eigenvalue weighted by Crippen LogP contribution is -2.46. The fraction of sp³-hybridized carbons (Fsp3) is 0.211. The number of halogens is 2. The zero-order valence-corrected chi connectivity index (χ0v) is 17.1. The van der Waals surface area contributed by atoms with E-state index in [4.69, 9.17) is 33.9 Å². The Balaban J connectivity index is 1.88. The van der Waals surface area contributed by atoms with Crippen LogP contribution in [-0.4, -0.2) is 39.8 Å². The molecule has 0 saturated carbocycles. The summed E-state index contributed by atoms with van der Waals surface area (Å²) in [4.78, 5) is 19.1. The molecule has 0 amide bonds. The SMILES string of the molecule is CN(C)C1=CC(N)=NC(C)(c2nccc3[nH]c(-c4c(Cl)cccc4Cl)nc23)N1. The number of nitrogens with two attached hydrogens (primary N) is 1. The summed E-state index contributed by atoms with van der Waals surface area (Å²) >= 11 is 12.7. The third kappa shape index (κ3) is 3.06. The van der Waals surface area contributed by atoms with E-state index >= 15 is 0 Å². The number of benzene rings is 1. The molecule has 0 spiro atoms. The zero-order valence-electron chi connectivity index (χ0n) is 15.6. The highest BCUT2D eigenvalue weighted by atomic mass is 35.5. The van der Waals surface area contributed by atoms with Crippen molar-refractivity contribution in [2.45, 2.75) is 12.6 Å². The Morgan fingerprint density at radius 1 is 1.14 bits per heavy atom. The summed E-state index contributed by atoms with van der Waals surface area (Å²) in [6.07, 6.45) is 3.49. The molecule has 1 aliphatic rings. The van der Waals surface area contributed by atoms with Gasteiger partial charge in [-0.05, 0) is 25.1 Å². The maximum atomic E-state index is 6.36. The molecule has 0 bridgehead atoms. The molecule has 7 nitrogen and oxygen atoms in total. The second-order valence-corrected chi connectivity index (χ2v) is 7.71. The van der Waals surface area contributed by atoms with E-state index in [0.717, 1.165) is 11.3 Å². The average Bonchev–Trinajstić information content (AvgIpc) is 3.04. The molecule has 0 aliphatic carbocycles. The van der Waals surface area contributed by atoms with Gasteiger partial charge < -0.3 is 20.9 Å². The normalized spacial score (nSPS) is 19.2.